The Kier molecular flexibility index (Phi) is 4.61. The van der Waals surface area contributed by atoms with E-state index in [4.69, 9.17) is 10.5 Å². The lowest BCUT2D eigenvalue weighted by atomic mass is 9.97. The monoisotopic (exact) mass is 297 g/mol. The Morgan fingerprint density at radius 3 is 2.50 bits per heavy atom. The van der Waals surface area contributed by atoms with Crippen LogP contribution in [0.5, 0.6) is 5.75 Å². The molecule has 0 amide bonds. The second kappa shape index (κ2) is 6.81. The molecule has 2 atom stereocenters. The molecule has 3 rings (SSSR count). The Hall–Kier alpha value is -2.04. The highest BCUT2D eigenvalue weighted by atomic mass is 16.5. The molecule has 2 unspecified atom stereocenters. The smallest absolute Gasteiger partial charge is 0.119 e. The minimum absolute atomic E-state index is 0.285. The number of benzene rings is 2. The Bertz CT molecular complexity index is 612. The Labute approximate surface area is 131 Å². The average Bonchev–Trinajstić information content (AvgIpc) is 3.04. The van der Waals surface area contributed by atoms with Crippen molar-refractivity contribution in [3.8, 4) is 5.75 Å². The van der Waals surface area contributed by atoms with Gasteiger partial charge in [0.15, 0.2) is 0 Å². The topological polar surface area (TPSA) is 59.3 Å². The lowest BCUT2D eigenvalue weighted by Gasteiger charge is -2.12. The van der Waals surface area contributed by atoms with Gasteiger partial charge >= 0.3 is 0 Å². The minimum Gasteiger partial charge on any atom is -0.494 e. The molecule has 4 nitrogen and oxygen atoms in total. The van der Waals surface area contributed by atoms with Crippen molar-refractivity contribution in [3.63, 3.8) is 0 Å². The molecular weight excluding hydrogens is 274 g/mol. The number of nitrogen functional groups attached to an aromatic ring is 1. The van der Waals surface area contributed by atoms with E-state index < -0.39 is 0 Å². The number of rotatable bonds is 5. The zero-order valence-corrected chi connectivity index (χ0v) is 12.9. The Balaban J connectivity index is 1.68. The van der Waals surface area contributed by atoms with Gasteiger partial charge in [-0.25, -0.2) is 10.9 Å². The van der Waals surface area contributed by atoms with E-state index in [2.05, 4.69) is 48.1 Å². The lowest BCUT2D eigenvalue weighted by Crippen LogP contribution is -2.26. The molecule has 0 spiro atoms. The van der Waals surface area contributed by atoms with Crippen LogP contribution in [-0.4, -0.2) is 6.61 Å². The summed E-state index contributed by atoms with van der Waals surface area (Å²) >= 11 is 0. The lowest BCUT2D eigenvalue weighted by molar-refractivity contribution is 0.317. The molecule has 1 aliphatic rings. The molecule has 4 heteroatoms. The molecule has 116 valence electrons. The third-order valence-electron chi connectivity index (χ3n) is 3.98. The fourth-order valence-electron chi connectivity index (χ4n) is 2.76. The van der Waals surface area contributed by atoms with Gasteiger partial charge in [-0.1, -0.05) is 31.2 Å². The van der Waals surface area contributed by atoms with Gasteiger partial charge in [-0.15, -0.1) is 0 Å². The van der Waals surface area contributed by atoms with Crippen LogP contribution in [0.3, 0.4) is 0 Å². The normalized spacial score (nSPS) is 21.0. The summed E-state index contributed by atoms with van der Waals surface area (Å²) in [4.78, 5) is 0. The largest absolute Gasteiger partial charge is 0.494 e. The highest BCUT2D eigenvalue weighted by molar-refractivity contribution is 5.40. The maximum Gasteiger partial charge on any atom is 0.119 e. The number of ether oxygens (including phenoxy) is 1. The summed E-state index contributed by atoms with van der Waals surface area (Å²) in [7, 11) is 0. The van der Waals surface area contributed by atoms with Crippen molar-refractivity contribution in [1.82, 2.24) is 10.9 Å². The summed E-state index contributed by atoms with van der Waals surface area (Å²) in [6, 6.07) is 17.0. The number of nitrogens with two attached hydrogens (primary N) is 1. The molecular formula is C18H23N3O. The van der Waals surface area contributed by atoms with Gasteiger partial charge < -0.3 is 10.5 Å². The fraction of sp³-hybridized carbons (Fsp3) is 0.333. The summed E-state index contributed by atoms with van der Waals surface area (Å²) in [6.45, 7) is 2.87. The van der Waals surface area contributed by atoms with Crippen LogP contribution >= 0.6 is 0 Å². The molecule has 0 aliphatic carbocycles. The van der Waals surface area contributed by atoms with Crippen molar-refractivity contribution in [2.45, 2.75) is 31.8 Å². The number of hydrogen-bond acceptors (Lipinski definition) is 4. The van der Waals surface area contributed by atoms with Crippen LogP contribution in [0, 0.1) is 0 Å². The van der Waals surface area contributed by atoms with Gasteiger partial charge in [0.1, 0.15) is 5.75 Å². The van der Waals surface area contributed by atoms with E-state index in [1.807, 2.05) is 18.2 Å². The van der Waals surface area contributed by atoms with E-state index >= 15 is 0 Å². The third kappa shape index (κ3) is 3.40. The van der Waals surface area contributed by atoms with Gasteiger partial charge in [-0.2, -0.15) is 0 Å². The van der Waals surface area contributed by atoms with Crippen molar-refractivity contribution in [1.29, 1.82) is 0 Å². The van der Waals surface area contributed by atoms with Crippen LogP contribution in [0.15, 0.2) is 48.5 Å². The number of nitrogens with one attached hydrogen (secondary N) is 2. The maximum atomic E-state index is 5.75. The first-order chi connectivity index (χ1) is 10.8. The molecule has 2 aromatic carbocycles. The van der Waals surface area contributed by atoms with E-state index in [0.29, 0.717) is 6.04 Å². The van der Waals surface area contributed by atoms with Crippen molar-refractivity contribution in [3.05, 3.63) is 59.7 Å². The molecule has 0 radical (unpaired) electrons. The van der Waals surface area contributed by atoms with E-state index in [-0.39, 0.29) is 6.04 Å². The van der Waals surface area contributed by atoms with Gasteiger partial charge in [0.05, 0.1) is 6.61 Å². The van der Waals surface area contributed by atoms with Crippen LogP contribution in [0.2, 0.25) is 0 Å². The zero-order valence-electron chi connectivity index (χ0n) is 12.9. The molecule has 2 aromatic rings. The fourth-order valence-corrected chi connectivity index (χ4v) is 2.76. The standard InChI is InChI=1S/C18H23N3O/c1-2-10-22-16-5-3-4-14(11-16)18-12-17(20-21-18)13-6-8-15(19)9-7-13/h3-9,11,17-18,20-21H,2,10,12,19H2,1H3. The van der Waals surface area contributed by atoms with Gasteiger partial charge in [-0.05, 0) is 48.2 Å². The molecule has 22 heavy (non-hydrogen) atoms. The van der Waals surface area contributed by atoms with Gasteiger partial charge in [0, 0.05) is 17.8 Å². The number of hydrogen-bond donors (Lipinski definition) is 3. The van der Waals surface area contributed by atoms with E-state index in [1.165, 1.54) is 11.1 Å². The van der Waals surface area contributed by atoms with Crippen LogP contribution in [0.1, 0.15) is 43.0 Å². The SMILES string of the molecule is CCCOc1cccc(C2CC(c3ccc(N)cc3)NN2)c1. The Morgan fingerprint density at radius 2 is 1.77 bits per heavy atom. The molecule has 0 aromatic heterocycles. The number of anilines is 1. The van der Waals surface area contributed by atoms with Crippen LogP contribution in [0.25, 0.3) is 0 Å². The van der Waals surface area contributed by atoms with Crippen LogP contribution in [-0.2, 0) is 0 Å². The zero-order chi connectivity index (χ0) is 15.4. The maximum absolute atomic E-state index is 5.75. The molecule has 4 N–H and O–H groups in total. The third-order valence-corrected chi connectivity index (χ3v) is 3.98. The van der Waals surface area contributed by atoms with E-state index in [0.717, 1.165) is 30.9 Å². The van der Waals surface area contributed by atoms with Crippen molar-refractivity contribution < 1.29 is 4.74 Å². The summed E-state index contributed by atoms with van der Waals surface area (Å²) in [5, 5.41) is 0. The van der Waals surface area contributed by atoms with Crippen molar-refractivity contribution >= 4 is 5.69 Å². The second-order valence-electron chi connectivity index (χ2n) is 5.72. The summed E-state index contributed by atoms with van der Waals surface area (Å²) in [5.74, 6) is 0.942. The van der Waals surface area contributed by atoms with E-state index in [9.17, 15) is 0 Å². The molecule has 1 aliphatic heterocycles. The van der Waals surface area contributed by atoms with Crippen LogP contribution < -0.4 is 21.3 Å². The van der Waals surface area contributed by atoms with Crippen molar-refractivity contribution in [2.75, 3.05) is 12.3 Å². The number of hydrazine groups is 1. The van der Waals surface area contributed by atoms with Crippen LogP contribution in [0.4, 0.5) is 5.69 Å². The second-order valence-corrected chi connectivity index (χ2v) is 5.72. The minimum atomic E-state index is 0.285. The van der Waals surface area contributed by atoms with Gasteiger partial charge in [0.2, 0.25) is 0 Å². The van der Waals surface area contributed by atoms with E-state index in [1.54, 1.807) is 0 Å². The average molecular weight is 297 g/mol. The van der Waals surface area contributed by atoms with Crippen molar-refractivity contribution in [2.24, 2.45) is 0 Å². The summed E-state index contributed by atoms with van der Waals surface area (Å²) < 4.78 is 5.72. The first kappa shape index (κ1) is 14.9. The Morgan fingerprint density at radius 1 is 1.05 bits per heavy atom. The quantitative estimate of drug-likeness (QED) is 0.741. The molecule has 1 fully saturated rings. The summed E-state index contributed by atoms with van der Waals surface area (Å²) in [5.41, 5.74) is 15.8. The van der Waals surface area contributed by atoms with Gasteiger partial charge in [0.25, 0.3) is 0 Å². The first-order valence-corrected chi connectivity index (χ1v) is 7.85. The summed E-state index contributed by atoms with van der Waals surface area (Å²) in [6.07, 6.45) is 2.02. The first-order valence-electron chi connectivity index (χ1n) is 7.85. The predicted octanol–water partition coefficient (Wildman–Crippen LogP) is 3.34. The highest BCUT2D eigenvalue weighted by Gasteiger charge is 2.26. The molecule has 0 saturated carbocycles. The molecule has 0 bridgehead atoms. The predicted molar refractivity (Wildman–Crippen MR) is 89.5 cm³/mol. The van der Waals surface area contributed by atoms with Gasteiger partial charge in [-0.3, -0.25) is 0 Å². The molecule has 1 saturated heterocycles. The molecule has 1 heterocycles. The highest BCUT2D eigenvalue weighted by Crippen LogP contribution is 2.32.